The van der Waals surface area contributed by atoms with Gasteiger partial charge in [-0.2, -0.15) is 5.26 Å². The maximum absolute atomic E-state index is 12.0. The number of hydrogen-bond donors (Lipinski definition) is 1. The number of nitrogens with one attached hydrogen (secondary N) is 1. The van der Waals surface area contributed by atoms with Gasteiger partial charge in [0.2, 0.25) is 5.13 Å². The van der Waals surface area contributed by atoms with E-state index >= 15 is 0 Å². The second-order valence-corrected chi connectivity index (χ2v) is 5.65. The number of carbonyl (C=O) groups is 1. The maximum Gasteiger partial charge on any atom is 0.257 e. The molecule has 0 fully saturated rings. The molecule has 1 N–H and O–H groups in total. The van der Waals surface area contributed by atoms with E-state index in [1.165, 1.54) is 11.3 Å². The summed E-state index contributed by atoms with van der Waals surface area (Å²) in [5.74, 6) is -0.00411. The summed E-state index contributed by atoms with van der Waals surface area (Å²) < 4.78 is 0. The molecule has 0 bridgehead atoms. The van der Waals surface area contributed by atoms with E-state index in [1.807, 2.05) is 26.0 Å². The SMILES string of the molecule is CC(C)/C=C(\C#N)c1nnc(NC(=O)c2ccccc2)s1. The van der Waals surface area contributed by atoms with Gasteiger partial charge in [0.25, 0.3) is 5.91 Å². The molecular weight excluding hydrogens is 284 g/mol. The number of nitriles is 1. The minimum Gasteiger partial charge on any atom is -0.296 e. The van der Waals surface area contributed by atoms with Crippen molar-refractivity contribution in [2.24, 2.45) is 5.92 Å². The third-order valence-electron chi connectivity index (χ3n) is 2.53. The lowest BCUT2D eigenvalue weighted by molar-refractivity contribution is 0.102. The van der Waals surface area contributed by atoms with Crippen LogP contribution < -0.4 is 5.32 Å². The van der Waals surface area contributed by atoms with E-state index in [1.54, 1.807) is 24.3 Å². The highest BCUT2D eigenvalue weighted by atomic mass is 32.1. The predicted molar refractivity (Wildman–Crippen MR) is 82.7 cm³/mol. The first-order valence-electron chi connectivity index (χ1n) is 6.42. The van der Waals surface area contributed by atoms with Gasteiger partial charge in [-0.3, -0.25) is 10.1 Å². The molecule has 1 aromatic heterocycles. The van der Waals surface area contributed by atoms with Crippen LogP contribution in [0.1, 0.15) is 29.2 Å². The van der Waals surface area contributed by atoms with Crippen molar-refractivity contribution in [2.75, 3.05) is 5.32 Å². The molecule has 0 aliphatic carbocycles. The van der Waals surface area contributed by atoms with Crippen molar-refractivity contribution >= 4 is 27.9 Å². The van der Waals surface area contributed by atoms with Crippen LogP contribution in [0.2, 0.25) is 0 Å². The number of allylic oxidation sites excluding steroid dienone is 2. The second-order valence-electron chi connectivity index (χ2n) is 4.67. The van der Waals surface area contributed by atoms with E-state index in [2.05, 4.69) is 21.6 Å². The molecule has 0 spiro atoms. The van der Waals surface area contributed by atoms with Gasteiger partial charge in [0.1, 0.15) is 6.07 Å². The number of carbonyl (C=O) groups excluding carboxylic acids is 1. The molecule has 0 atom stereocenters. The van der Waals surface area contributed by atoms with Gasteiger partial charge in [0.05, 0.1) is 5.57 Å². The molecule has 0 radical (unpaired) electrons. The van der Waals surface area contributed by atoms with Crippen LogP contribution in [0.5, 0.6) is 0 Å². The first kappa shape index (κ1) is 14.9. The Morgan fingerprint density at radius 1 is 1.33 bits per heavy atom. The highest BCUT2D eigenvalue weighted by molar-refractivity contribution is 7.16. The summed E-state index contributed by atoms with van der Waals surface area (Å²) in [6.45, 7) is 3.97. The van der Waals surface area contributed by atoms with Gasteiger partial charge < -0.3 is 0 Å². The summed E-state index contributed by atoms with van der Waals surface area (Å²) in [6.07, 6.45) is 1.82. The number of benzene rings is 1. The van der Waals surface area contributed by atoms with Crippen molar-refractivity contribution < 1.29 is 4.79 Å². The Labute approximate surface area is 127 Å². The smallest absolute Gasteiger partial charge is 0.257 e. The molecular formula is C15H14N4OS. The normalized spacial score (nSPS) is 11.2. The maximum atomic E-state index is 12.0. The summed E-state index contributed by atoms with van der Waals surface area (Å²) in [7, 11) is 0. The summed E-state index contributed by atoms with van der Waals surface area (Å²) in [4.78, 5) is 12.0. The monoisotopic (exact) mass is 298 g/mol. The number of amides is 1. The minimum absolute atomic E-state index is 0.242. The molecule has 0 saturated carbocycles. The van der Waals surface area contributed by atoms with Gasteiger partial charge in [-0.25, -0.2) is 0 Å². The molecule has 6 heteroatoms. The molecule has 1 aromatic carbocycles. The fourth-order valence-electron chi connectivity index (χ4n) is 1.63. The van der Waals surface area contributed by atoms with Crippen LogP contribution >= 0.6 is 11.3 Å². The van der Waals surface area contributed by atoms with Crippen LogP contribution in [0.15, 0.2) is 36.4 Å². The Morgan fingerprint density at radius 2 is 2.05 bits per heavy atom. The van der Waals surface area contributed by atoms with Gasteiger partial charge in [-0.05, 0) is 18.1 Å². The van der Waals surface area contributed by atoms with Gasteiger partial charge in [0, 0.05) is 5.56 Å². The number of rotatable bonds is 4. The first-order valence-corrected chi connectivity index (χ1v) is 7.24. The second kappa shape index (κ2) is 6.77. The Morgan fingerprint density at radius 3 is 2.67 bits per heavy atom. The molecule has 2 aromatic rings. The molecule has 2 rings (SSSR count). The van der Waals surface area contributed by atoms with E-state index in [-0.39, 0.29) is 11.8 Å². The largest absolute Gasteiger partial charge is 0.296 e. The van der Waals surface area contributed by atoms with E-state index in [0.29, 0.717) is 21.3 Å². The first-order chi connectivity index (χ1) is 10.1. The number of anilines is 1. The molecule has 1 amide bonds. The van der Waals surface area contributed by atoms with E-state index in [9.17, 15) is 4.79 Å². The van der Waals surface area contributed by atoms with Crippen LogP contribution in [0.4, 0.5) is 5.13 Å². The molecule has 0 aliphatic rings. The lowest BCUT2D eigenvalue weighted by Crippen LogP contribution is -2.11. The van der Waals surface area contributed by atoms with Crippen LogP contribution in [-0.4, -0.2) is 16.1 Å². The fraction of sp³-hybridized carbons (Fsp3) is 0.200. The van der Waals surface area contributed by atoms with Crippen molar-refractivity contribution in [1.82, 2.24) is 10.2 Å². The van der Waals surface area contributed by atoms with Gasteiger partial charge in [0.15, 0.2) is 5.01 Å². The third-order valence-corrected chi connectivity index (χ3v) is 3.40. The highest BCUT2D eigenvalue weighted by Gasteiger charge is 2.12. The van der Waals surface area contributed by atoms with Crippen LogP contribution in [-0.2, 0) is 0 Å². The number of hydrogen-bond acceptors (Lipinski definition) is 5. The summed E-state index contributed by atoms with van der Waals surface area (Å²) in [5.41, 5.74) is 1.02. The zero-order chi connectivity index (χ0) is 15.2. The van der Waals surface area contributed by atoms with E-state index in [4.69, 9.17) is 5.26 Å². The summed E-state index contributed by atoms with van der Waals surface area (Å²) in [6, 6.07) is 11.0. The lowest BCUT2D eigenvalue weighted by atomic mass is 10.1. The van der Waals surface area contributed by atoms with Crippen molar-refractivity contribution in [1.29, 1.82) is 5.26 Å². The Bertz CT molecular complexity index is 698. The number of nitrogens with zero attached hydrogens (tertiary/aromatic N) is 3. The van der Waals surface area contributed by atoms with Crippen LogP contribution in [0.3, 0.4) is 0 Å². The molecule has 106 valence electrons. The molecule has 0 aliphatic heterocycles. The van der Waals surface area contributed by atoms with Crippen molar-refractivity contribution in [3.8, 4) is 6.07 Å². The van der Waals surface area contributed by atoms with Crippen molar-refractivity contribution in [3.63, 3.8) is 0 Å². The zero-order valence-corrected chi connectivity index (χ0v) is 12.5. The quantitative estimate of drug-likeness (QED) is 0.878. The van der Waals surface area contributed by atoms with Gasteiger partial charge in [-0.1, -0.05) is 49.5 Å². The molecule has 1 heterocycles. The summed E-state index contributed by atoms with van der Waals surface area (Å²) >= 11 is 1.19. The zero-order valence-electron chi connectivity index (χ0n) is 11.7. The topological polar surface area (TPSA) is 78.7 Å². The fourth-order valence-corrected chi connectivity index (χ4v) is 2.34. The number of aromatic nitrogens is 2. The van der Waals surface area contributed by atoms with Crippen molar-refractivity contribution in [2.45, 2.75) is 13.8 Å². The average molecular weight is 298 g/mol. The molecule has 21 heavy (non-hydrogen) atoms. The van der Waals surface area contributed by atoms with Gasteiger partial charge >= 0.3 is 0 Å². The molecule has 0 saturated heterocycles. The van der Waals surface area contributed by atoms with Crippen molar-refractivity contribution in [3.05, 3.63) is 47.0 Å². The Kier molecular flexibility index (Phi) is 4.80. The minimum atomic E-state index is -0.246. The molecule has 0 unspecified atom stereocenters. The summed E-state index contributed by atoms with van der Waals surface area (Å²) in [5, 5.41) is 20.6. The van der Waals surface area contributed by atoms with Crippen LogP contribution in [0.25, 0.3) is 5.57 Å². The van der Waals surface area contributed by atoms with E-state index < -0.39 is 0 Å². The highest BCUT2D eigenvalue weighted by Crippen LogP contribution is 2.23. The lowest BCUT2D eigenvalue weighted by Gasteiger charge is -1.99. The van der Waals surface area contributed by atoms with Crippen LogP contribution in [0, 0.1) is 17.2 Å². The van der Waals surface area contributed by atoms with Gasteiger partial charge in [-0.15, -0.1) is 10.2 Å². The molecule has 5 nitrogen and oxygen atoms in total. The standard InChI is InChI=1S/C15H14N4OS/c1-10(2)8-12(9-16)14-18-19-15(21-14)17-13(20)11-6-4-3-5-7-11/h3-8,10H,1-2H3,(H,17,19,20)/b12-8+. The Hall–Kier alpha value is -2.52. The van der Waals surface area contributed by atoms with E-state index in [0.717, 1.165) is 0 Å². The third kappa shape index (κ3) is 3.97. The average Bonchev–Trinajstić information content (AvgIpc) is 2.93. The predicted octanol–water partition coefficient (Wildman–Crippen LogP) is 3.35. The Balaban J connectivity index is 2.14.